The Morgan fingerprint density at radius 2 is 2.04 bits per heavy atom. The van der Waals surface area contributed by atoms with Crippen LogP contribution in [0, 0.1) is 0 Å². The highest BCUT2D eigenvalue weighted by molar-refractivity contribution is 5.77. The zero-order valence-corrected chi connectivity index (χ0v) is 16.4. The van der Waals surface area contributed by atoms with Gasteiger partial charge in [-0.25, -0.2) is 8.78 Å². The third-order valence-electron chi connectivity index (χ3n) is 4.12. The number of ether oxygens (including phenoxy) is 2. The Balaban J connectivity index is 2.19. The molecule has 0 radical (unpaired) electrons. The van der Waals surface area contributed by atoms with Gasteiger partial charge in [0, 0.05) is 12.8 Å². The molecular weight excluding hydrogens is 366 g/mol. The van der Waals surface area contributed by atoms with Crippen molar-refractivity contribution in [2.75, 3.05) is 13.2 Å². The van der Waals surface area contributed by atoms with E-state index in [-0.39, 0.29) is 26.1 Å². The Morgan fingerprint density at radius 3 is 2.68 bits per heavy atom. The Labute approximate surface area is 164 Å². The fourth-order valence-corrected chi connectivity index (χ4v) is 2.99. The summed E-state index contributed by atoms with van der Waals surface area (Å²) in [6.45, 7) is 5.72. The van der Waals surface area contributed by atoms with Gasteiger partial charge in [-0.05, 0) is 50.0 Å². The van der Waals surface area contributed by atoms with Gasteiger partial charge in [-0.2, -0.15) is 0 Å². The molecule has 2 rings (SSSR count). The van der Waals surface area contributed by atoms with Gasteiger partial charge in [0.05, 0.1) is 13.2 Å². The first kappa shape index (κ1) is 21.8. The minimum Gasteiger partial charge on any atom is -0.489 e. The third-order valence-corrected chi connectivity index (χ3v) is 4.12. The smallest absolute Gasteiger partial charge is 0.305 e. The molecule has 6 heteroatoms. The van der Waals surface area contributed by atoms with E-state index in [1.807, 2.05) is 32.1 Å². The largest absolute Gasteiger partial charge is 0.489 e. The van der Waals surface area contributed by atoms with Crippen LogP contribution in [0.3, 0.4) is 0 Å². The summed E-state index contributed by atoms with van der Waals surface area (Å²) in [6.07, 6.45) is 2.97. The van der Waals surface area contributed by atoms with E-state index in [9.17, 15) is 18.7 Å². The van der Waals surface area contributed by atoms with E-state index in [4.69, 9.17) is 9.47 Å². The van der Waals surface area contributed by atoms with Gasteiger partial charge in [0.2, 0.25) is 0 Å². The zero-order valence-electron chi connectivity index (χ0n) is 16.4. The molecule has 0 aliphatic heterocycles. The Morgan fingerprint density at radius 1 is 1.32 bits per heavy atom. The minimum atomic E-state index is -2.96. The summed E-state index contributed by atoms with van der Waals surface area (Å²) >= 11 is 0. The number of alkyl halides is 1. The van der Waals surface area contributed by atoms with E-state index in [0.29, 0.717) is 11.1 Å². The van der Waals surface area contributed by atoms with Gasteiger partial charge in [-0.15, -0.1) is 0 Å². The van der Waals surface area contributed by atoms with Crippen LogP contribution in [0.4, 0.5) is 8.78 Å². The fraction of sp³-hybridized carbons (Fsp3) is 0.409. The average Bonchev–Trinajstić information content (AvgIpc) is 2.60. The molecule has 1 N–H and O–H groups in total. The van der Waals surface area contributed by atoms with E-state index in [2.05, 4.69) is 0 Å². The van der Waals surface area contributed by atoms with Crippen LogP contribution >= 0.6 is 0 Å². The number of hydrogen-bond donors (Lipinski definition) is 1. The Hall–Kier alpha value is -2.47. The lowest BCUT2D eigenvalue weighted by atomic mass is 9.89. The topological polar surface area (TPSA) is 55.8 Å². The highest BCUT2D eigenvalue weighted by Gasteiger charge is 2.40. The highest BCUT2D eigenvalue weighted by Crippen LogP contribution is 2.40. The van der Waals surface area contributed by atoms with Gasteiger partial charge < -0.3 is 14.6 Å². The number of aliphatic hydroxyl groups is 1. The number of rotatable bonds is 8. The molecule has 0 aromatic heterocycles. The van der Waals surface area contributed by atoms with Crippen molar-refractivity contribution >= 4 is 17.6 Å². The number of halogens is 2. The van der Waals surface area contributed by atoms with Crippen molar-refractivity contribution in [3.63, 3.8) is 0 Å². The SMILES string of the molecule is CCOC(=O)CCCOC1=C(F)C=C(c2ccccc2C=C(C)C)CC1(O)F. The highest BCUT2D eigenvalue weighted by atomic mass is 19.2. The van der Waals surface area contributed by atoms with E-state index < -0.39 is 29.8 Å². The minimum absolute atomic E-state index is 0.0740. The molecule has 28 heavy (non-hydrogen) atoms. The molecular formula is C22H26F2O4. The van der Waals surface area contributed by atoms with Crippen LogP contribution in [-0.2, 0) is 14.3 Å². The molecule has 1 unspecified atom stereocenters. The second kappa shape index (κ2) is 9.64. The molecule has 0 bridgehead atoms. The van der Waals surface area contributed by atoms with Crippen LogP contribution in [0.25, 0.3) is 11.6 Å². The first-order valence-electron chi connectivity index (χ1n) is 9.29. The number of benzene rings is 1. The Bertz CT molecular complexity index is 803. The summed E-state index contributed by atoms with van der Waals surface area (Å²) in [4.78, 5) is 11.3. The van der Waals surface area contributed by atoms with E-state index in [1.165, 1.54) is 6.08 Å². The maximum atomic E-state index is 14.8. The number of hydrogen-bond acceptors (Lipinski definition) is 4. The molecule has 1 aromatic carbocycles. The van der Waals surface area contributed by atoms with Crippen molar-refractivity contribution < 1.29 is 28.2 Å². The summed E-state index contributed by atoms with van der Waals surface area (Å²) in [5, 5.41) is 10.2. The Kier molecular flexibility index (Phi) is 7.52. The molecule has 0 heterocycles. The zero-order chi connectivity index (χ0) is 20.7. The number of allylic oxidation sites excluding steroid dienone is 3. The van der Waals surface area contributed by atoms with Crippen molar-refractivity contribution in [3.8, 4) is 0 Å². The van der Waals surface area contributed by atoms with E-state index in [1.54, 1.807) is 19.1 Å². The molecule has 4 nitrogen and oxygen atoms in total. The van der Waals surface area contributed by atoms with Gasteiger partial charge in [0.15, 0.2) is 11.6 Å². The van der Waals surface area contributed by atoms with Gasteiger partial charge in [0.1, 0.15) is 0 Å². The second-order valence-electron chi connectivity index (χ2n) is 6.85. The lowest BCUT2D eigenvalue weighted by Gasteiger charge is -2.28. The average molecular weight is 392 g/mol. The number of esters is 1. The van der Waals surface area contributed by atoms with Crippen LogP contribution in [0.1, 0.15) is 51.2 Å². The number of carbonyl (C=O) groups excluding carboxylic acids is 1. The summed E-state index contributed by atoms with van der Waals surface area (Å²) < 4.78 is 39.3. The predicted molar refractivity (Wildman–Crippen MR) is 104 cm³/mol. The summed E-state index contributed by atoms with van der Waals surface area (Å²) in [5.74, 6) is -5.08. The van der Waals surface area contributed by atoms with Crippen molar-refractivity contribution in [2.24, 2.45) is 0 Å². The molecule has 1 aliphatic rings. The summed E-state index contributed by atoms with van der Waals surface area (Å²) in [7, 11) is 0. The maximum Gasteiger partial charge on any atom is 0.305 e. The molecule has 1 aromatic rings. The first-order chi connectivity index (χ1) is 13.2. The van der Waals surface area contributed by atoms with E-state index >= 15 is 0 Å². The van der Waals surface area contributed by atoms with Gasteiger partial charge in [0.25, 0.3) is 5.85 Å². The van der Waals surface area contributed by atoms with Crippen LogP contribution in [0.15, 0.2) is 47.5 Å². The second-order valence-corrected chi connectivity index (χ2v) is 6.85. The van der Waals surface area contributed by atoms with Crippen LogP contribution in [0.2, 0.25) is 0 Å². The van der Waals surface area contributed by atoms with Crippen molar-refractivity contribution in [1.29, 1.82) is 0 Å². The van der Waals surface area contributed by atoms with Crippen LogP contribution in [-0.4, -0.2) is 30.1 Å². The van der Waals surface area contributed by atoms with Crippen molar-refractivity contribution in [2.45, 2.75) is 45.9 Å². The predicted octanol–water partition coefficient (Wildman–Crippen LogP) is 5.10. The first-order valence-corrected chi connectivity index (χ1v) is 9.29. The molecule has 1 atom stereocenters. The lowest BCUT2D eigenvalue weighted by molar-refractivity contribution is -0.143. The molecule has 152 valence electrons. The fourth-order valence-electron chi connectivity index (χ4n) is 2.99. The molecule has 0 spiro atoms. The molecule has 0 saturated carbocycles. The summed E-state index contributed by atoms with van der Waals surface area (Å²) in [5.41, 5.74) is 2.85. The van der Waals surface area contributed by atoms with Gasteiger partial charge in [-0.3, -0.25) is 4.79 Å². The van der Waals surface area contributed by atoms with E-state index in [0.717, 1.165) is 11.1 Å². The quantitative estimate of drug-likeness (QED) is 0.494. The summed E-state index contributed by atoms with van der Waals surface area (Å²) in [6, 6.07) is 7.23. The third kappa shape index (κ3) is 5.76. The maximum absolute atomic E-state index is 14.8. The molecule has 0 saturated heterocycles. The van der Waals surface area contributed by atoms with Gasteiger partial charge >= 0.3 is 5.97 Å². The van der Waals surface area contributed by atoms with Crippen LogP contribution < -0.4 is 0 Å². The van der Waals surface area contributed by atoms with Crippen molar-refractivity contribution in [1.82, 2.24) is 0 Å². The molecule has 0 amide bonds. The number of carbonyl (C=O) groups is 1. The molecule has 1 aliphatic carbocycles. The van der Waals surface area contributed by atoms with Crippen molar-refractivity contribution in [3.05, 3.63) is 58.6 Å². The van der Waals surface area contributed by atoms with Crippen LogP contribution in [0.5, 0.6) is 0 Å². The van der Waals surface area contributed by atoms with Gasteiger partial charge in [-0.1, -0.05) is 35.9 Å². The molecule has 0 fully saturated rings. The standard InChI is InChI=1S/C22H26F2O4/c1-4-27-20(25)10-7-11-28-21-19(23)13-17(14-22(21,24)26)18-9-6-5-8-16(18)12-15(2)3/h5-6,8-9,12-13,26H,4,7,10-11,14H2,1-3H3. The monoisotopic (exact) mass is 392 g/mol. The lowest BCUT2D eigenvalue weighted by Crippen LogP contribution is -2.30. The normalized spacial score (nSPS) is 19.1.